The van der Waals surface area contributed by atoms with Gasteiger partial charge in [-0.15, -0.1) is 0 Å². The summed E-state index contributed by atoms with van der Waals surface area (Å²) in [4.78, 5) is 7.21. The van der Waals surface area contributed by atoms with Crippen LogP contribution in [0.3, 0.4) is 0 Å². The number of nitrogens with one attached hydrogen (secondary N) is 1. The Labute approximate surface area is 127 Å². The van der Waals surface area contributed by atoms with E-state index in [9.17, 15) is 0 Å². The van der Waals surface area contributed by atoms with E-state index in [4.69, 9.17) is 4.52 Å². The van der Waals surface area contributed by atoms with E-state index in [1.54, 1.807) is 0 Å². The van der Waals surface area contributed by atoms with Gasteiger partial charge in [0, 0.05) is 30.6 Å². The van der Waals surface area contributed by atoms with Crippen molar-refractivity contribution in [1.29, 1.82) is 0 Å². The van der Waals surface area contributed by atoms with Crippen molar-refractivity contribution in [2.75, 3.05) is 19.6 Å². The molecule has 1 saturated heterocycles. The average Bonchev–Trinajstić information content (AvgIpc) is 2.91. The van der Waals surface area contributed by atoms with E-state index in [1.165, 1.54) is 32.1 Å². The van der Waals surface area contributed by atoms with Crippen LogP contribution in [0.5, 0.6) is 0 Å². The van der Waals surface area contributed by atoms with Crippen molar-refractivity contribution >= 4 is 0 Å². The number of hydrogen-bond donors (Lipinski definition) is 1. The van der Waals surface area contributed by atoms with Crippen LogP contribution >= 0.6 is 0 Å². The highest BCUT2D eigenvalue weighted by molar-refractivity contribution is 5.02. The van der Waals surface area contributed by atoms with Crippen LogP contribution in [-0.2, 0) is 12.0 Å². The zero-order chi connectivity index (χ0) is 14.9. The molecule has 1 aromatic heterocycles. The van der Waals surface area contributed by atoms with Gasteiger partial charge in [-0.2, -0.15) is 4.98 Å². The summed E-state index contributed by atoms with van der Waals surface area (Å²) < 4.78 is 5.44. The van der Waals surface area contributed by atoms with E-state index < -0.39 is 0 Å². The van der Waals surface area contributed by atoms with Crippen LogP contribution in [0.25, 0.3) is 0 Å². The second kappa shape index (κ2) is 5.69. The van der Waals surface area contributed by atoms with Crippen molar-refractivity contribution in [1.82, 2.24) is 20.4 Å². The van der Waals surface area contributed by atoms with Crippen molar-refractivity contribution in [3.63, 3.8) is 0 Å². The van der Waals surface area contributed by atoms with Gasteiger partial charge in [-0.1, -0.05) is 45.2 Å². The average molecular weight is 292 g/mol. The quantitative estimate of drug-likeness (QED) is 0.907. The maximum atomic E-state index is 5.44. The van der Waals surface area contributed by atoms with E-state index in [1.807, 2.05) is 0 Å². The van der Waals surface area contributed by atoms with Crippen molar-refractivity contribution in [2.45, 2.75) is 70.4 Å². The molecule has 0 unspecified atom stereocenters. The van der Waals surface area contributed by atoms with Crippen molar-refractivity contribution < 1.29 is 4.52 Å². The minimum atomic E-state index is -0.0722. The molecule has 1 saturated carbocycles. The minimum Gasteiger partial charge on any atom is -0.339 e. The first-order valence-corrected chi connectivity index (χ1v) is 8.28. The third-order valence-corrected chi connectivity index (χ3v) is 4.91. The lowest BCUT2D eigenvalue weighted by atomic mass is 9.79. The van der Waals surface area contributed by atoms with Gasteiger partial charge < -0.3 is 9.84 Å². The molecule has 0 aromatic carbocycles. The van der Waals surface area contributed by atoms with Crippen LogP contribution in [-0.4, -0.2) is 40.2 Å². The van der Waals surface area contributed by atoms with Gasteiger partial charge in [0.15, 0.2) is 5.82 Å². The highest BCUT2D eigenvalue weighted by Crippen LogP contribution is 2.35. The lowest BCUT2D eigenvalue weighted by Crippen LogP contribution is -2.61. The van der Waals surface area contributed by atoms with Crippen molar-refractivity contribution in [2.24, 2.45) is 0 Å². The molecule has 0 radical (unpaired) electrons. The first-order chi connectivity index (χ1) is 10.00. The summed E-state index contributed by atoms with van der Waals surface area (Å²) in [6, 6.07) is 0. The zero-order valence-electron chi connectivity index (χ0n) is 13.6. The van der Waals surface area contributed by atoms with E-state index in [-0.39, 0.29) is 5.41 Å². The summed E-state index contributed by atoms with van der Waals surface area (Å²) in [6.07, 6.45) is 6.66. The van der Waals surface area contributed by atoms with Crippen LogP contribution in [0.2, 0.25) is 0 Å². The number of rotatable bonds is 2. The summed E-state index contributed by atoms with van der Waals surface area (Å²) in [5, 5.41) is 7.79. The summed E-state index contributed by atoms with van der Waals surface area (Å²) in [7, 11) is 0. The predicted molar refractivity (Wildman–Crippen MR) is 82.1 cm³/mol. The maximum absolute atomic E-state index is 5.44. The Morgan fingerprint density at radius 1 is 1.24 bits per heavy atom. The minimum absolute atomic E-state index is 0.0722. The Kier molecular flexibility index (Phi) is 4.06. The third kappa shape index (κ3) is 3.14. The zero-order valence-corrected chi connectivity index (χ0v) is 13.6. The fourth-order valence-electron chi connectivity index (χ4n) is 3.63. The van der Waals surface area contributed by atoms with Crippen LogP contribution in [0.1, 0.15) is 64.6 Å². The van der Waals surface area contributed by atoms with Crippen LogP contribution in [0.4, 0.5) is 0 Å². The van der Waals surface area contributed by atoms with Gasteiger partial charge in [-0.05, 0) is 12.8 Å². The van der Waals surface area contributed by atoms with Crippen LogP contribution in [0.15, 0.2) is 4.52 Å². The first kappa shape index (κ1) is 15.0. The van der Waals surface area contributed by atoms with E-state index in [0.717, 1.165) is 37.9 Å². The molecule has 1 N–H and O–H groups in total. The van der Waals surface area contributed by atoms with Crippen molar-refractivity contribution in [3.05, 3.63) is 11.7 Å². The topological polar surface area (TPSA) is 54.2 Å². The molecular weight excluding hydrogens is 264 g/mol. The molecule has 2 aliphatic rings. The molecule has 1 aliphatic heterocycles. The second-order valence-electron chi connectivity index (χ2n) is 7.65. The molecule has 5 nitrogen and oxygen atoms in total. The van der Waals surface area contributed by atoms with Crippen LogP contribution < -0.4 is 5.32 Å². The predicted octanol–water partition coefficient (Wildman–Crippen LogP) is 2.48. The number of aromatic nitrogens is 2. The molecule has 21 heavy (non-hydrogen) atoms. The largest absolute Gasteiger partial charge is 0.339 e. The molecule has 0 bridgehead atoms. The van der Waals surface area contributed by atoms with E-state index in [2.05, 4.69) is 41.1 Å². The fraction of sp³-hybridized carbons (Fsp3) is 0.875. The smallest absolute Gasteiger partial charge is 0.232 e. The molecule has 3 rings (SSSR count). The Morgan fingerprint density at radius 2 is 2.00 bits per heavy atom. The Morgan fingerprint density at radius 3 is 2.67 bits per heavy atom. The summed E-state index contributed by atoms with van der Waals surface area (Å²) in [5.41, 5.74) is 0.246. The molecular formula is C16H28N4O. The van der Waals surface area contributed by atoms with Gasteiger partial charge >= 0.3 is 0 Å². The molecule has 118 valence electrons. The molecule has 1 spiro atoms. The SMILES string of the molecule is CC(C)(C)c1nc(CN2CCNCC23CCCCC3)no1. The lowest BCUT2D eigenvalue weighted by Gasteiger charge is -2.49. The number of hydrogen-bond acceptors (Lipinski definition) is 5. The number of nitrogens with zero attached hydrogens (tertiary/aromatic N) is 3. The van der Waals surface area contributed by atoms with Gasteiger partial charge in [0.1, 0.15) is 0 Å². The Bertz CT molecular complexity index is 463. The fourth-order valence-corrected chi connectivity index (χ4v) is 3.63. The van der Waals surface area contributed by atoms with Gasteiger partial charge in [0.25, 0.3) is 0 Å². The summed E-state index contributed by atoms with van der Waals surface area (Å²) in [5.74, 6) is 1.58. The lowest BCUT2D eigenvalue weighted by molar-refractivity contribution is 0.0184. The monoisotopic (exact) mass is 292 g/mol. The molecule has 2 heterocycles. The van der Waals surface area contributed by atoms with E-state index in [0.29, 0.717) is 5.54 Å². The maximum Gasteiger partial charge on any atom is 0.232 e. The van der Waals surface area contributed by atoms with Gasteiger partial charge in [-0.25, -0.2) is 0 Å². The number of piperazine rings is 1. The van der Waals surface area contributed by atoms with Gasteiger partial charge in [0.05, 0.1) is 6.54 Å². The first-order valence-electron chi connectivity index (χ1n) is 8.28. The van der Waals surface area contributed by atoms with Gasteiger partial charge in [-0.3, -0.25) is 4.90 Å². The van der Waals surface area contributed by atoms with Crippen molar-refractivity contribution in [3.8, 4) is 0 Å². The molecule has 1 aromatic rings. The van der Waals surface area contributed by atoms with Crippen LogP contribution in [0, 0.1) is 0 Å². The Balaban J connectivity index is 1.74. The molecule has 2 fully saturated rings. The van der Waals surface area contributed by atoms with E-state index >= 15 is 0 Å². The normalized spacial score (nSPS) is 23.6. The van der Waals surface area contributed by atoms with Gasteiger partial charge in [0.2, 0.25) is 5.89 Å². The molecule has 5 heteroatoms. The molecule has 1 aliphatic carbocycles. The highest BCUT2D eigenvalue weighted by atomic mass is 16.5. The second-order valence-corrected chi connectivity index (χ2v) is 7.65. The molecule has 0 atom stereocenters. The summed E-state index contributed by atoms with van der Waals surface area (Å²) in [6.45, 7) is 10.4. The third-order valence-electron chi connectivity index (χ3n) is 4.91. The Hall–Kier alpha value is -0.940. The standard InChI is InChI=1S/C16H28N4O/c1-15(2,3)14-18-13(19-21-14)11-20-10-9-17-12-16(20)7-5-4-6-8-16/h17H,4-12H2,1-3H3. The summed E-state index contributed by atoms with van der Waals surface area (Å²) >= 11 is 0. The highest BCUT2D eigenvalue weighted by Gasteiger charge is 2.40. The molecule has 0 amide bonds.